The van der Waals surface area contributed by atoms with Gasteiger partial charge in [-0.25, -0.2) is 4.98 Å². The highest BCUT2D eigenvalue weighted by atomic mass is 32.2. The first-order valence-corrected chi connectivity index (χ1v) is 9.58. The molecule has 120 valence electrons. The number of unbranched alkanes of at least 4 members (excludes halogenated alkanes) is 1. The van der Waals surface area contributed by atoms with Gasteiger partial charge in [0.15, 0.2) is 0 Å². The van der Waals surface area contributed by atoms with Crippen LogP contribution in [0.2, 0.25) is 0 Å². The van der Waals surface area contributed by atoms with Crippen LogP contribution in [-0.4, -0.2) is 27.4 Å². The van der Waals surface area contributed by atoms with Crippen molar-refractivity contribution in [1.29, 1.82) is 0 Å². The van der Waals surface area contributed by atoms with E-state index in [2.05, 4.69) is 17.2 Å². The minimum Gasteiger partial charge on any atom is -0.440 e. The van der Waals surface area contributed by atoms with E-state index in [4.69, 9.17) is 4.42 Å². The van der Waals surface area contributed by atoms with E-state index in [9.17, 15) is 9.00 Å². The quantitative estimate of drug-likeness (QED) is 0.750. The summed E-state index contributed by atoms with van der Waals surface area (Å²) in [5.74, 6) is 1.27. The molecular formula is C15H20N2O3S2. The van der Waals surface area contributed by atoms with Gasteiger partial charge in [0.2, 0.25) is 11.8 Å². The van der Waals surface area contributed by atoms with Crippen LogP contribution >= 0.6 is 11.3 Å². The summed E-state index contributed by atoms with van der Waals surface area (Å²) in [4.78, 5) is 17.0. The molecule has 0 aliphatic heterocycles. The molecule has 0 radical (unpaired) electrons. The van der Waals surface area contributed by atoms with Crippen molar-refractivity contribution in [2.24, 2.45) is 0 Å². The summed E-state index contributed by atoms with van der Waals surface area (Å²) in [6, 6.07) is 3.86. The predicted molar refractivity (Wildman–Crippen MR) is 89.2 cm³/mol. The number of carbonyl (C=O) groups is 1. The number of thiophene rings is 1. The Labute approximate surface area is 136 Å². The second-order valence-corrected chi connectivity index (χ2v) is 7.34. The van der Waals surface area contributed by atoms with Crippen LogP contribution in [0.5, 0.6) is 0 Å². The predicted octanol–water partition coefficient (Wildman–Crippen LogP) is 2.88. The number of hydrogen-bond acceptors (Lipinski definition) is 5. The maximum Gasteiger partial charge on any atom is 0.236 e. The molecule has 1 N–H and O–H groups in total. The number of aromatic nitrogens is 1. The van der Waals surface area contributed by atoms with Gasteiger partial charge in [-0.1, -0.05) is 19.4 Å². The molecular weight excluding hydrogens is 320 g/mol. The molecule has 1 amide bonds. The van der Waals surface area contributed by atoms with Gasteiger partial charge in [-0.2, -0.15) is 0 Å². The van der Waals surface area contributed by atoms with Gasteiger partial charge >= 0.3 is 0 Å². The SMILES string of the molecule is CCCCNC(=O)C[S@@](=O)Cc1nc(-c2cccs2)oc1C. The zero-order chi connectivity index (χ0) is 15.9. The number of nitrogens with zero attached hydrogens (tertiary/aromatic N) is 1. The molecule has 0 saturated heterocycles. The Balaban J connectivity index is 1.90. The average Bonchev–Trinajstić information content (AvgIpc) is 3.09. The molecule has 2 heterocycles. The fourth-order valence-corrected chi connectivity index (χ4v) is 3.59. The van der Waals surface area contributed by atoms with Gasteiger partial charge < -0.3 is 9.73 Å². The fraction of sp³-hybridized carbons (Fsp3) is 0.467. The molecule has 0 bridgehead atoms. The number of oxazole rings is 1. The van der Waals surface area contributed by atoms with E-state index in [1.807, 2.05) is 17.5 Å². The number of amides is 1. The lowest BCUT2D eigenvalue weighted by Crippen LogP contribution is -2.29. The third-order valence-corrected chi connectivity index (χ3v) is 5.10. The molecule has 0 fully saturated rings. The van der Waals surface area contributed by atoms with Crippen molar-refractivity contribution in [3.05, 3.63) is 29.0 Å². The summed E-state index contributed by atoms with van der Waals surface area (Å²) in [5, 5.41) is 4.72. The van der Waals surface area contributed by atoms with E-state index in [-0.39, 0.29) is 17.4 Å². The van der Waals surface area contributed by atoms with Crippen LogP contribution in [-0.2, 0) is 21.3 Å². The maximum absolute atomic E-state index is 12.1. The van der Waals surface area contributed by atoms with Gasteiger partial charge in [0.05, 0.1) is 16.3 Å². The Hall–Kier alpha value is -1.47. The van der Waals surface area contributed by atoms with E-state index < -0.39 is 10.8 Å². The van der Waals surface area contributed by atoms with Gasteiger partial charge in [0.1, 0.15) is 11.5 Å². The zero-order valence-corrected chi connectivity index (χ0v) is 14.4. The van der Waals surface area contributed by atoms with Crippen LogP contribution in [0.25, 0.3) is 10.8 Å². The van der Waals surface area contributed by atoms with Crippen LogP contribution in [0.15, 0.2) is 21.9 Å². The second-order valence-electron chi connectivity index (χ2n) is 4.93. The van der Waals surface area contributed by atoms with E-state index in [1.54, 1.807) is 18.3 Å². The summed E-state index contributed by atoms with van der Waals surface area (Å²) >= 11 is 1.54. The van der Waals surface area contributed by atoms with Gasteiger partial charge in [-0.15, -0.1) is 11.3 Å². The van der Waals surface area contributed by atoms with Crippen LogP contribution in [0.4, 0.5) is 0 Å². The number of hydrogen-bond donors (Lipinski definition) is 1. The van der Waals surface area contributed by atoms with Crippen molar-refractivity contribution >= 4 is 28.0 Å². The van der Waals surface area contributed by atoms with Crippen molar-refractivity contribution in [3.63, 3.8) is 0 Å². The van der Waals surface area contributed by atoms with Gasteiger partial charge in [-0.05, 0) is 24.8 Å². The van der Waals surface area contributed by atoms with E-state index >= 15 is 0 Å². The summed E-state index contributed by atoms with van der Waals surface area (Å²) in [5.41, 5.74) is 0.656. The minimum atomic E-state index is -1.28. The molecule has 0 aliphatic carbocycles. The Morgan fingerprint density at radius 1 is 1.50 bits per heavy atom. The Bertz CT molecular complexity index is 635. The van der Waals surface area contributed by atoms with Crippen LogP contribution in [0, 0.1) is 6.92 Å². The largest absolute Gasteiger partial charge is 0.440 e. The number of carbonyl (C=O) groups excluding carboxylic acids is 1. The second kappa shape index (κ2) is 8.24. The van der Waals surface area contributed by atoms with E-state index in [1.165, 1.54) is 0 Å². The molecule has 2 aromatic heterocycles. The summed E-state index contributed by atoms with van der Waals surface area (Å²) < 4.78 is 17.7. The van der Waals surface area contributed by atoms with Gasteiger partial charge in [0.25, 0.3) is 0 Å². The topological polar surface area (TPSA) is 72.2 Å². The molecule has 5 nitrogen and oxygen atoms in total. The van der Waals surface area contributed by atoms with Crippen molar-refractivity contribution in [3.8, 4) is 10.8 Å². The summed E-state index contributed by atoms with van der Waals surface area (Å²) in [7, 11) is -1.28. The normalized spacial score (nSPS) is 12.3. The van der Waals surface area contributed by atoms with Crippen molar-refractivity contribution in [1.82, 2.24) is 10.3 Å². The van der Waals surface area contributed by atoms with E-state index in [0.717, 1.165) is 17.7 Å². The van der Waals surface area contributed by atoms with Crippen molar-refractivity contribution in [2.75, 3.05) is 12.3 Å². The van der Waals surface area contributed by atoms with Gasteiger partial charge in [-0.3, -0.25) is 9.00 Å². The van der Waals surface area contributed by atoms with Crippen LogP contribution < -0.4 is 5.32 Å². The minimum absolute atomic E-state index is 0.00432. The Morgan fingerprint density at radius 2 is 2.32 bits per heavy atom. The van der Waals surface area contributed by atoms with Crippen LogP contribution in [0.1, 0.15) is 31.2 Å². The molecule has 0 aliphatic rings. The highest BCUT2D eigenvalue weighted by Crippen LogP contribution is 2.26. The maximum atomic E-state index is 12.1. The molecule has 0 unspecified atom stereocenters. The number of aryl methyl sites for hydroxylation is 1. The monoisotopic (exact) mass is 340 g/mol. The molecule has 1 atom stereocenters. The highest BCUT2D eigenvalue weighted by Gasteiger charge is 2.16. The molecule has 2 aromatic rings. The Morgan fingerprint density at radius 3 is 3.00 bits per heavy atom. The summed E-state index contributed by atoms with van der Waals surface area (Å²) in [6.45, 7) is 4.50. The molecule has 7 heteroatoms. The molecule has 0 saturated carbocycles. The fourth-order valence-electron chi connectivity index (χ4n) is 1.87. The lowest BCUT2D eigenvalue weighted by Gasteiger charge is -2.03. The molecule has 22 heavy (non-hydrogen) atoms. The first-order valence-electron chi connectivity index (χ1n) is 7.22. The third-order valence-electron chi connectivity index (χ3n) is 3.07. The number of rotatable bonds is 8. The third kappa shape index (κ3) is 4.78. The Kier molecular flexibility index (Phi) is 6.33. The lowest BCUT2D eigenvalue weighted by molar-refractivity contribution is -0.118. The summed E-state index contributed by atoms with van der Waals surface area (Å²) in [6.07, 6.45) is 1.96. The van der Waals surface area contributed by atoms with Gasteiger partial charge in [0, 0.05) is 17.3 Å². The van der Waals surface area contributed by atoms with Crippen LogP contribution in [0.3, 0.4) is 0 Å². The lowest BCUT2D eigenvalue weighted by atomic mass is 10.3. The van der Waals surface area contributed by atoms with Crippen molar-refractivity contribution in [2.45, 2.75) is 32.4 Å². The zero-order valence-electron chi connectivity index (χ0n) is 12.8. The smallest absolute Gasteiger partial charge is 0.236 e. The highest BCUT2D eigenvalue weighted by molar-refractivity contribution is 7.84. The molecule has 2 rings (SSSR count). The first kappa shape index (κ1) is 16.9. The number of nitrogens with one attached hydrogen (secondary N) is 1. The molecule has 0 aromatic carbocycles. The molecule has 0 spiro atoms. The standard InChI is InChI=1S/C15H20N2O3S2/c1-3-4-7-16-14(18)10-22(19)9-12-11(2)20-15(17-12)13-6-5-8-21-13/h5-6,8H,3-4,7,9-10H2,1-2H3,(H,16,18)/t22-/m0/s1. The van der Waals surface area contributed by atoms with E-state index in [0.29, 0.717) is 23.9 Å². The van der Waals surface area contributed by atoms with Crippen molar-refractivity contribution < 1.29 is 13.4 Å². The average molecular weight is 340 g/mol. The first-order chi connectivity index (χ1) is 10.6.